The van der Waals surface area contributed by atoms with Gasteiger partial charge in [0.15, 0.2) is 19.9 Å². The number of aliphatic hydroxyl groups is 1. The molecule has 0 bridgehead atoms. The molecule has 2 N–H and O–H groups in total. The maximum atomic E-state index is 13.2. The lowest BCUT2D eigenvalue weighted by molar-refractivity contribution is 0.0101. The van der Waals surface area contributed by atoms with Crippen LogP contribution in [0.25, 0.3) is 28.0 Å². The number of fused-ring (bicyclic) bond motifs is 1. The second-order valence-corrected chi connectivity index (χ2v) is 28.9. The van der Waals surface area contributed by atoms with Gasteiger partial charge in [-0.2, -0.15) is 5.10 Å². The van der Waals surface area contributed by atoms with Gasteiger partial charge in [-0.1, -0.05) is 67.0 Å². The topological polar surface area (TPSA) is 117 Å². The van der Waals surface area contributed by atoms with E-state index in [1.54, 1.807) is 6.07 Å². The zero-order chi connectivity index (χ0) is 37.5. The van der Waals surface area contributed by atoms with Crippen LogP contribution in [-0.2, 0) is 28.1 Å². The number of hydrogen-bond donors (Lipinski definition) is 2. The molecule has 2 unspecified atom stereocenters. The highest BCUT2D eigenvalue weighted by Crippen LogP contribution is 2.42. The maximum Gasteiger partial charge on any atom is 0.250 e. The molecule has 2 atom stereocenters. The number of pyridine rings is 2. The van der Waals surface area contributed by atoms with Crippen molar-refractivity contribution >= 4 is 38.9 Å². The van der Waals surface area contributed by atoms with E-state index in [-0.39, 0.29) is 10.1 Å². The summed E-state index contributed by atoms with van der Waals surface area (Å²) in [6, 6.07) is 15.6. The molecule has 50 heavy (non-hydrogen) atoms. The highest BCUT2D eigenvalue weighted by atomic mass is 32.2. The Morgan fingerprint density at radius 3 is 2.12 bits per heavy atom. The Morgan fingerprint density at radius 1 is 0.880 bits per heavy atom. The van der Waals surface area contributed by atoms with E-state index < -0.39 is 38.5 Å². The van der Waals surface area contributed by atoms with Crippen molar-refractivity contribution in [3.8, 4) is 22.8 Å². The Bertz CT molecular complexity index is 1790. The van der Waals surface area contributed by atoms with E-state index in [1.807, 2.05) is 81.0 Å². The Morgan fingerprint density at radius 2 is 1.52 bits per heavy atom. The number of hydrogen-bond acceptors (Lipinski definition) is 8. The molecule has 0 fully saturated rings. The van der Waals surface area contributed by atoms with Crippen LogP contribution in [0.5, 0.6) is 5.75 Å². The van der Waals surface area contributed by atoms with Crippen molar-refractivity contribution in [1.29, 1.82) is 0 Å². The lowest BCUT2D eigenvalue weighted by atomic mass is 10.0. The average Bonchev–Trinajstić information content (AvgIpc) is 3.43. The summed E-state index contributed by atoms with van der Waals surface area (Å²) in [6.07, 6.45) is 2.86. The van der Waals surface area contributed by atoms with Gasteiger partial charge in [0, 0.05) is 16.9 Å². The first-order chi connectivity index (χ1) is 22.9. The number of rotatable bonds is 12. The lowest BCUT2D eigenvalue weighted by Gasteiger charge is -2.36. The first kappa shape index (κ1) is 40.2. The fourth-order valence-electron chi connectivity index (χ4n) is 4.80. The average molecular weight is 738 g/mol. The molecule has 12 heteroatoms. The molecule has 0 aliphatic rings. The van der Waals surface area contributed by atoms with Crippen LogP contribution in [0.4, 0.5) is 0 Å². The van der Waals surface area contributed by atoms with Crippen molar-refractivity contribution in [2.45, 2.75) is 135 Å². The molecule has 4 rings (SSSR count). The van der Waals surface area contributed by atoms with Crippen molar-refractivity contribution in [3.63, 3.8) is 0 Å². The van der Waals surface area contributed by atoms with Crippen molar-refractivity contribution < 1.29 is 18.5 Å². The predicted octanol–water partition coefficient (Wildman–Crippen LogP) is 9.39. The van der Waals surface area contributed by atoms with Crippen molar-refractivity contribution in [3.05, 3.63) is 66.1 Å². The van der Waals surface area contributed by atoms with E-state index in [0.29, 0.717) is 36.7 Å². The first-order valence-electron chi connectivity index (χ1n) is 17.6. The predicted molar refractivity (Wildman–Crippen MR) is 212 cm³/mol. The van der Waals surface area contributed by atoms with Crippen molar-refractivity contribution in [1.82, 2.24) is 24.5 Å². The Balaban J connectivity index is 1.86. The van der Waals surface area contributed by atoms with Gasteiger partial charge in [-0.3, -0.25) is 0 Å². The SMILES string of the molecule is CCCC(O)(N[S+]([O-])C(C)(C)C)c1cccc(-c2cc(O[Si](C)(C)C(C)(C)C)c3cnn(-c4cccc(CO[Si](C)(C)C(C)(C)C)n4)c3c2)n1. The highest BCUT2D eigenvalue weighted by Gasteiger charge is 2.41. The van der Waals surface area contributed by atoms with E-state index in [4.69, 9.17) is 23.9 Å². The van der Waals surface area contributed by atoms with Crippen LogP contribution in [0, 0.1) is 0 Å². The van der Waals surface area contributed by atoms with E-state index in [0.717, 1.165) is 27.9 Å². The summed E-state index contributed by atoms with van der Waals surface area (Å²) in [5.41, 5.74) is 1.96. The largest absolute Gasteiger partial charge is 0.598 e. The molecular weight excluding hydrogens is 679 g/mol. The van der Waals surface area contributed by atoms with Gasteiger partial charge in [-0.05, 0) is 99.9 Å². The standard InChI is InChI=1S/C38H59N5O4SSi2/c1-15-22-38(44,42-48(45)35(2,3)4)33-20-17-19-30(41-33)27-23-31-29(32(24-27)47-50(13,14)37(8,9)10)25-39-43(31)34-21-16-18-28(40-34)26-46-49(11,12)36(5,6)7/h16-21,23-25,42,44H,15,22,26H2,1-14H3. The fraction of sp³-hybridized carbons (Fsp3) is 0.553. The second kappa shape index (κ2) is 14.4. The molecule has 0 amide bonds. The minimum absolute atomic E-state index is 0.0332. The van der Waals surface area contributed by atoms with Crippen LogP contribution < -0.4 is 9.15 Å². The molecule has 0 aliphatic carbocycles. The van der Waals surface area contributed by atoms with E-state index >= 15 is 0 Å². The lowest BCUT2D eigenvalue weighted by Crippen LogP contribution is -2.51. The van der Waals surface area contributed by atoms with Crippen LogP contribution in [-0.4, -0.2) is 50.8 Å². The minimum atomic E-state index is -2.27. The molecule has 274 valence electrons. The van der Waals surface area contributed by atoms with E-state index in [9.17, 15) is 9.66 Å². The van der Waals surface area contributed by atoms with Gasteiger partial charge in [0.2, 0.25) is 0 Å². The quantitative estimate of drug-likeness (QED) is 0.0839. The summed E-state index contributed by atoms with van der Waals surface area (Å²) in [5.74, 6) is 1.41. The van der Waals surface area contributed by atoms with Gasteiger partial charge in [-0.15, -0.1) is 4.72 Å². The van der Waals surface area contributed by atoms with Gasteiger partial charge >= 0.3 is 0 Å². The van der Waals surface area contributed by atoms with E-state index in [1.165, 1.54) is 0 Å². The van der Waals surface area contributed by atoms with Crippen LogP contribution in [0.15, 0.2) is 54.7 Å². The summed E-state index contributed by atoms with van der Waals surface area (Å²) in [6.45, 7) is 30.4. The van der Waals surface area contributed by atoms with Gasteiger partial charge in [0.05, 0.1) is 40.8 Å². The molecule has 4 aromatic rings. The summed E-state index contributed by atoms with van der Waals surface area (Å²) in [4.78, 5) is 9.97. The molecule has 0 radical (unpaired) electrons. The van der Waals surface area contributed by atoms with E-state index in [2.05, 4.69) is 72.5 Å². The van der Waals surface area contributed by atoms with Gasteiger partial charge in [-0.25, -0.2) is 14.6 Å². The molecule has 0 aliphatic heterocycles. The van der Waals surface area contributed by atoms with Gasteiger partial charge in [0.1, 0.15) is 10.5 Å². The first-order valence-corrected chi connectivity index (χ1v) is 24.6. The molecule has 0 spiro atoms. The van der Waals surface area contributed by atoms with Crippen molar-refractivity contribution in [2.24, 2.45) is 0 Å². The number of nitrogens with zero attached hydrogens (tertiary/aromatic N) is 4. The third-order valence-corrected chi connectivity index (χ3v) is 20.6. The highest BCUT2D eigenvalue weighted by molar-refractivity contribution is 7.90. The molecule has 1 aromatic carbocycles. The minimum Gasteiger partial charge on any atom is -0.598 e. The summed E-state index contributed by atoms with van der Waals surface area (Å²) in [7, 11) is -4.24. The number of aromatic nitrogens is 4. The van der Waals surface area contributed by atoms with Gasteiger partial charge in [0.25, 0.3) is 8.32 Å². The third kappa shape index (κ3) is 8.88. The molecule has 0 saturated heterocycles. The molecule has 9 nitrogen and oxygen atoms in total. The summed E-state index contributed by atoms with van der Waals surface area (Å²) >= 11 is -1.52. The Hall–Kier alpha value is -2.59. The summed E-state index contributed by atoms with van der Waals surface area (Å²) < 4.78 is 30.9. The van der Waals surface area contributed by atoms with Crippen LogP contribution in [0.1, 0.15) is 93.5 Å². The third-order valence-electron chi connectivity index (χ3n) is 10.1. The normalized spacial score (nSPS) is 15.3. The zero-order valence-electron chi connectivity index (χ0n) is 32.7. The Kier molecular flexibility index (Phi) is 11.6. The maximum absolute atomic E-state index is 13.2. The second-order valence-electron chi connectivity index (χ2n) is 17.4. The number of benzene rings is 1. The van der Waals surface area contributed by atoms with Crippen LogP contribution in [0.2, 0.25) is 36.3 Å². The Labute approximate surface area is 305 Å². The fourth-order valence-corrected chi connectivity index (χ4v) is 7.59. The van der Waals surface area contributed by atoms with Gasteiger partial charge < -0.3 is 18.5 Å². The molecule has 3 heterocycles. The van der Waals surface area contributed by atoms with Crippen LogP contribution in [0.3, 0.4) is 0 Å². The molecular formula is C38H59N5O4SSi2. The smallest absolute Gasteiger partial charge is 0.250 e. The van der Waals surface area contributed by atoms with Crippen LogP contribution >= 0.6 is 0 Å². The molecule has 0 saturated carbocycles. The molecule has 3 aromatic heterocycles. The summed E-state index contributed by atoms with van der Waals surface area (Å²) in [5, 5.41) is 17.6. The van der Waals surface area contributed by atoms with Crippen molar-refractivity contribution in [2.75, 3.05) is 0 Å². The zero-order valence-corrected chi connectivity index (χ0v) is 35.5. The monoisotopic (exact) mass is 737 g/mol. The number of nitrogens with one attached hydrogen (secondary N) is 1.